The molecule has 0 saturated carbocycles. The van der Waals surface area contributed by atoms with Crippen molar-refractivity contribution in [2.24, 2.45) is 0 Å². The molecule has 4 nitrogen and oxygen atoms in total. The highest BCUT2D eigenvalue weighted by molar-refractivity contribution is 6.30. The molecule has 0 aliphatic rings. The van der Waals surface area contributed by atoms with Crippen molar-refractivity contribution < 1.29 is 19.0 Å². The zero-order valence-electron chi connectivity index (χ0n) is 13.3. The largest absolute Gasteiger partial charge is 0.445 e. The van der Waals surface area contributed by atoms with Gasteiger partial charge in [-0.15, -0.1) is 0 Å². The molecular formula is C18H19ClFNO3. The van der Waals surface area contributed by atoms with Crippen molar-refractivity contribution >= 4 is 17.7 Å². The molecule has 1 amide bonds. The summed E-state index contributed by atoms with van der Waals surface area (Å²) in [4.78, 5) is 11.6. The van der Waals surface area contributed by atoms with Crippen molar-refractivity contribution in [1.82, 2.24) is 5.32 Å². The summed E-state index contributed by atoms with van der Waals surface area (Å²) in [6, 6.07) is 13.4. The first-order chi connectivity index (χ1) is 11.4. The molecule has 6 heteroatoms. The van der Waals surface area contributed by atoms with Crippen LogP contribution in [0.3, 0.4) is 0 Å². The molecule has 2 N–H and O–H groups in total. The van der Waals surface area contributed by atoms with Gasteiger partial charge in [0.15, 0.2) is 0 Å². The van der Waals surface area contributed by atoms with Crippen LogP contribution in [-0.2, 0) is 16.9 Å². The average molecular weight is 352 g/mol. The van der Waals surface area contributed by atoms with Crippen LogP contribution >= 0.6 is 11.6 Å². The molecule has 0 heterocycles. The fourth-order valence-corrected chi connectivity index (χ4v) is 2.28. The van der Waals surface area contributed by atoms with Gasteiger partial charge in [0, 0.05) is 6.54 Å². The third kappa shape index (κ3) is 5.22. The third-order valence-corrected chi connectivity index (χ3v) is 3.94. The lowest BCUT2D eigenvalue weighted by Crippen LogP contribution is -2.31. The highest BCUT2D eigenvalue weighted by Crippen LogP contribution is 2.27. The smallest absolute Gasteiger partial charge is 0.407 e. The number of alkyl carbamates (subject to hydrolysis) is 1. The fourth-order valence-electron chi connectivity index (χ4n) is 2.16. The number of carbonyl (C=O) groups is 1. The van der Waals surface area contributed by atoms with Gasteiger partial charge in [-0.25, -0.2) is 9.18 Å². The quantitative estimate of drug-likeness (QED) is 0.827. The predicted molar refractivity (Wildman–Crippen MR) is 90.2 cm³/mol. The Labute approximate surface area is 145 Å². The molecule has 2 aromatic carbocycles. The number of aliphatic hydroxyl groups is 1. The Morgan fingerprint density at radius 3 is 2.67 bits per heavy atom. The van der Waals surface area contributed by atoms with Crippen LogP contribution in [-0.4, -0.2) is 17.7 Å². The van der Waals surface area contributed by atoms with E-state index in [0.29, 0.717) is 5.56 Å². The molecule has 24 heavy (non-hydrogen) atoms. The van der Waals surface area contributed by atoms with E-state index >= 15 is 0 Å². The summed E-state index contributed by atoms with van der Waals surface area (Å²) in [5.41, 5.74) is -0.0156. The summed E-state index contributed by atoms with van der Waals surface area (Å²) in [5, 5.41) is 13.0. The number of amides is 1. The molecule has 1 atom stereocenters. The second kappa shape index (κ2) is 8.13. The maximum absolute atomic E-state index is 13.5. The summed E-state index contributed by atoms with van der Waals surface area (Å²) < 4.78 is 18.6. The minimum Gasteiger partial charge on any atom is -0.445 e. The molecule has 2 aromatic rings. The van der Waals surface area contributed by atoms with Gasteiger partial charge in [0.1, 0.15) is 12.4 Å². The molecular weight excluding hydrogens is 333 g/mol. The van der Waals surface area contributed by atoms with Crippen LogP contribution in [0.25, 0.3) is 0 Å². The number of benzene rings is 2. The molecule has 128 valence electrons. The molecule has 0 aliphatic carbocycles. The predicted octanol–water partition coefficient (Wildman–Crippen LogP) is 4.00. The van der Waals surface area contributed by atoms with Crippen molar-refractivity contribution in [1.29, 1.82) is 0 Å². The topological polar surface area (TPSA) is 58.6 Å². The lowest BCUT2D eigenvalue weighted by Gasteiger charge is -2.24. The van der Waals surface area contributed by atoms with Crippen LogP contribution in [0, 0.1) is 5.82 Å². The molecule has 0 aliphatic heterocycles. The summed E-state index contributed by atoms with van der Waals surface area (Å²) in [6.07, 6.45) is -0.369. The zero-order valence-corrected chi connectivity index (χ0v) is 14.0. The first kappa shape index (κ1) is 18.2. The van der Waals surface area contributed by atoms with Gasteiger partial charge in [-0.3, -0.25) is 0 Å². The van der Waals surface area contributed by atoms with Crippen molar-refractivity contribution in [2.75, 3.05) is 6.54 Å². The summed E-state index contributed by atoms with van der Waals surface area (Å²) in [6.45, 7) is 1.91. The minimum absolute atomic E-state index is 0.00263. The van der Waals surface area contributed by atoms with Gasteiger partial charge in [0.05, 0.1) is 10.6 Å². The van der Waals surface area contributed by atoms with E-state index in [1.165, 1.54) is 12.1 Å². The molecule has 2 rings (SSSR count). The molecule has 0 radical (unpaired) electrons. The van der Waals surface area contributed by atoms with Gasteiger partial charge >= 0.3 is 6.09 Å². The highest BCUT2D eigenvalue weighted by Gasteiger charge is 2.24. The zero-order chi connectivity index (χ0) is 17.6. The van der Waals surface area contributed by atoms with E-state index in [-0.39, 0.29) is 24.6 Å². The SMILES string of the molecule is CC(O)(CCNC(=O)OCc1ccccc1)c1ccc(Cl)c(F)c1. The Morgan fingerprint density at radius 2 is 2.00 bits per heavy atom. The van der Waals surface area contributed by atoms with Crippen molar-refractivity contribution in [2.45, 2.75) is 25.6 Å². The Balaban J connectivity index is 1.79. The second-order valence-corrected chi connectivity index (χ2v) is 6.05. The molecule has 0 bridgehead atoms. The summed E-state index contributed by atoms with van der Waals surface area (Å²) >= 11 is 5.63. The van der Waals surface area contributed by atoms with E-state index in [0.717, 1.165) is 5.56 Å². The number of hydrogen-bond acceptors (Lipinski definition) is 3. The van der Waals surface area contributed by atoms with Crippen LogP contribution in [0.5, 0.6) is 0 Å². The molecule has 0 aromatic heterocycles. The highest BCUT2D eigenvalue weighted by atomic mass is 35.5. The van der Waals surface area contributed by atoms with E-state index in [1.807, 2.05) is 30.3 Å². The first-order valence-corrected chi connectivity index (χ1v) is 7.89. The number of rotatable bonds is 6. The summed E-state index contributed by atoms with van der Waals surface area (Å²) in [7, 11) is 0. The van der Waals surface area contributed by atoms with Crippen LogP contribution < -0.4 is 5.32 Å². The van der Waals surface area contributed by atoms with Gasteiger partial charge in [0.25, 0.3) is 0 Å². The number of carbonyl (C=O) groups excluding carboxylic acids is 1. The Morgan fingerprint density at radius 1 is 1.29 bits per heavy atom. The van der Waals surface area contributed by atoms with Gasteiger partial charge in [-0.2, -0.15) is 0 Å². The van der Waals surface area contributed by atoms with Crippen LogP contribution in [0.1, 0.15) is 24.5 Å². The Bertz CT molecular complexity index is 692. The van der Waals surface area contributed by atoms with Gasteiger partial charge in [-0.05, 0) is 36.6 Å². The van der Waals surface area contributed by atoms with Crippen molar-refractivity contribution in [3.05, 3.63) is 70.5 Å². The minimum atomic E-state index is -1.29. The molecule has 0 saturated heterocycles. The Kier molecular flexibility index (Phi) is 6.17. The van der Waals surface area contributed by atoms with Gasteiger partial charge < -0.3 is 15.2 Å². The third-order valence-electron chi connectivity index (χ3n) is 3.64. The average Bonchev–Trinajstić information content (AvgIpc) is 2.56. The van der Waals surface area contributed by atoms with E-state index in [2.05, 4.69) is 5.32 Å². The van der Waals surface area contributed by atoms with Crippen LogP contribution in [0.2, 0.25) is 5.02 Å². The maximum Gasteiger partial charge on any atom is 0.407 e. The number of hydrogen-bond donors (Lipinski definition) is 2. The normalized spacial score (nSPS) is 13.2. The van der Waals surface area contributed by atoms with E-state index < -0.39 is 17.5 Å². The van der Waals surface area contributed by atoms with Crippen LogP contribution in [0.15, 0.2) is 48.5 Å². The number of halogens is 2. The van der Waals surface area contributed by atoms with E-state index in [4.69, 9.17) is 16.3 Å². The first-order valence-electron chi connectivity index (χ1n) is 7.51. The van der Waals surface area contributed by atoms with Crippen molar-refractivity contribution in [3.63, 3.8) is 0 Å². The van der Waals surface area contributed by atoms with Gasteiger partial charge in [0.2, 0.25) is 0 Å². The van der Waals surface area contributed by atoms with E-state index in [9.17, 15) is 14.3 Å². The van der Waals surface area contributed by atoms with E-state index in [1.54, 1.807) is 13.0 Å². The number of nitrogens with one attached hydrogen (secondary N) is 1. The standard InChI is InChI=1S/C18H19ClFNO3/c1-18(23,14-7-8-15(19)16(20)11-14)9-10-21-17(22)24-12-13-5-3-2-4-6-13/h2-8,11,23H,9-10,12H2,1H3,(H,21,22). The lowest BCUT2D eigenvalue weighted by molar-refractivity contribution is 0.0471. The molecule has 0 spiro atoms. The molecule has 0 fully saturated rings. The second-order valence-electron chi connectivity index (χ2n) is 5.64. The summed E-state index contributed by atoms with van der Waals surface area (Å²) in [5.74, 6) is -0.593. The Hall–Kier alpha value is -2.11. The number of ether oxygens (including phenoxy) is 1. The maximum atomic E-state index is 13.5. The monoisotopic (exact) mass is 351 g/mol. The van der Waals surface area contributed by atoms with Crippen LogP contribution in [0.4, 0.5) is 9.18 Å². The lowest BCUT2D eigenvalue weighted by atomic mass is 9.92. The fraction of sp³-hybridized carbons (Fsp3) is 0.278. The van der Waals surface area contributed by atoms with Crippen molar-refractivity contribution in [3.8, 4) is 0 Å². The van der Waals surface area contributed by atoms with Gasteiger partial charge in [-0.1, -0.05) is 48.0 Å². The molecule has 1 unspecified atom stereocenters.